The summed E-state index contributed by atoms with van der Waals surface area (Å²) in [7, 11) is 4.80. The zero-order chi connectivity index (χ0) is 21.0. The maximum atomic E-state index is 11.7. The number of methoxy groups -OCH3 is 3. The van der Waals surface area contributed by atoms with E-state index in [9.17, 15) is 9.90 Å². The van der Waals surface area contributed by atoms with Crippen LogP contribution in [0.5, 0.6) is 17.2 Å². The smallest absolute Gasteiger partial charge is 0.307 e. The first-order chi connectivity index (χ1) is 14.0. The quantitative estimate of drug-likeness (QED) is 0.761. The normalized spacial score (nSPS) is 18.1. The Hall–Kier alpha value is -2.73. The number of hydrogen-bond donors (Lipinski definition) is 1. The third-order valence-electron chi connectivity index (χ3n) is 5.68. The molecule has 6 nitrogen and oxygen atoms in total. The van der Waals surface area contributed by atoms with E-state index in [-0.39, 0.29) is 12.0 Å². The lowest BCUT2D eigenvalue weighted by atomic mass is 9.89. The molecule has 0 aliphatic carbocycles. The average Bonchev–Trinajstić information content (AvgIpc) is 2.74. The van der Waals surface area contributed by atoms with E-state index in [1.807, 2.05) is 24.3 Å². The van der Waals surface area contributed by atoms with Crippen molar-refractivity contribution in [1.82, 2.24) is 4.90 Å². The summed E-state index contributed by atoms with van der Waals surface area (Å²) in [6.07, 6.45) is 1.55. The van der Waals surface area contributed by atoms with Crippen LogP contribution in [0.15, 0.2) is 36.4 Å². The van der Waals surface area contributed by atoms with E-state index in [4.69, 9.17) is 14.2 Å². The second-order valence-electron chi connectivity index (χ2n) is 7.35. The number of aryl methyl sites for hydroxylation is 1. The Kier molecular flexibility index (Phi) is 6.64. The summed E-state index contributed by atoms with van der Waals surface area (Å²) in [6.45, 7) is 3.39. The van der Waals surface area contributed by atoms with E-state index in [1.165, 1.54) is 0 Å². The number of hydrogen-bond acceptors (Lipinski definition) is 5. The van der Waals surface area contributed by atoms with Gasteiger partial charge in [0.15, 0.2) is 11.5 Å². The summed E-state index contributed by atoms with van der Waals surface area (Å²) in [5.74, 6) is 0.632. The van der Waals surface area contributed by atoms with Gasteiger partial charge in [-0.3, -0.25) is 9.69 Å². The predicted octanol–water partition coefficient (Wildman–Crippen LogP) is 3.91. The number of aliphatic carboxylic acids is 1. The molecule has 1 aliphatic rings. The fourth-order valence-electron chi connectivity index (χ4n) is 4.24. The molecule has 0 bridgehead atoms. The largest absolute Gasteiger partial charge is 0.493 e. The third-order valence-corrected chi connectivity index (χ3v) is 5.68. The van der Waals surface area contributed by atoms with E-state index in [1.54, 1.807) is 21.3 Å². The summed E-state index contributed by atoms with van der Waals surface area (Å²) in [6, 6.07) is 11.9. The van der Waals surface area contributed by atoms with E-state index in [0.29, 0.717) is 30.2 Å². The van der Waals surface area contributed by atoms with Crippen LogP contribution in [0.4, 0.5) is 0 Å². The Labute approximate surface area is 172 Å². The topological polar surface area (TPSA) is 68.2 Å². The summed E-state index contributed by atoms with van der Waals surface area (Å²) in [5, 5.41) is 9.60. The van der Waals surface area contributed by atoms with Crippen molar-refractivity contribution in [2.45, 2.75) is 25.8 Å². The second kappa shape index (κ2) is 9.18. The number of nitrogens with zero attached hydrogens (tertiary/aromatic N) is 1. The molecule has 1 N–H and O–H groups in total. The first-order valence-electron chi connectivity index (χ1n) is 9.83. The first-order valence-corrected chi connectivity index (χ1v) is 9.83. The number of piperidine rings is 1. The number of carboxylic acid groups (broad SMARTS) is 1. The van der Waals surface area contributed by atoms with E-state index >= 15 is 0 Å². The number of carboxylic acids is 1. The van der Waals surface area contributed by atoms with Crippen LogP contribution in [0.1, 0.15) is 35.6 Å². The van der Waals surface area contributed by atoms with Crippen LogP contribution >= 0.6 is 0 Å². The number of carbonyl (C=O) groups is 1. The van der Waals surface area contributed by atoms with Gasteiger partial charge in [-0.25, -0.2) is 0 Å². The second-order valence-corrected chi connectivity index (χ2v) is 7.35. The molecule has 2 aromatic rings. The molecule has 1 aliphatic heterocycles. The molecule has 6 heteroatoms. The lowest BCUT2D eigenvalue weighted by Crippen LogP contribution is -2.41. The van der Waals surface area contributed by atoms with E-state index < -0.39 is 5.97 Å². The minimum absolute atomic E-state index is 0.145. The van der Waals surface area contributed by atoms with Crippen LogP contribution in [0.25, 0.3) is 0 Å². The lowest BCUT2D eigenvalue weighted by molar-refractivity contribution is -0.143. The van der Waals surface area contributed by atoms with E-state index in [0.717, 1.165) is 29.7 Å². The Morgan fingerprint density at radius 1 is 1.03 bits per heavy atom. The van der Waals surface area contributed by atoms with Crippen molar-refractivity contribution >= 4 is 5.97 Å². The molecule has 0 radical (unpaired) electrons. The first kappa shape index (κ1) is 21.0. The molecule has 0 aromatic heterocycles. The van der Waals surface area contributed by atoms with E-state index in [2.05, 4.69) is 24.0 Å². The van der Waals surface area contributed by atoms with Crippen LogP contribution in [-0.2, 0) is 4.79 Å². The molecule has 2 atom stereocenters. The summed E-state index contributed by atoms with van der Waals surface area (Å²) in [4.78, 5) is 13.9. The standard InChI is InChI=1S/C23H29NO5/c1-15-8-5-6-10-17(15)20(24-13-7-9-16(14-24)23(25)26)18-11-12-19(27-2)22(29-4)21(18)28-3/h5-6,8,10-12,16,20H,7,9,13-14H2,1-4H3,(H,25,26). The molecule has 1 fully saturated rings. The van der Waals surface area contributed by atoms with Crippen molar-refractivity contribution in [2.75, 3.05) is 34.4 Å². The van der Waals surface area contributed by atoms with Gasteiger partial charge in [0.2, 0.25) is 5.75 Å². The molecule has 0 amide bonds. The van der Waals surface area contributed by atoms with Crippen LogP contribution in [0.3, 0.4) is 0 Å². The molecular formula is C23H29NO5. The lowest BCUT2D eigenvalue weighted by Gasteiger charge is -2.38. The van der Waals surface area contributed by atoms with Crippen molar-refractivity contribution < 1.29 is 24.1 Å². The van der Waals surface area contributed by atoms with Gasteiger partial charge < -0.3 is 19.3 Å². The summed E-state index contributed by atoms with van der Waals surface area (Å²) < 4.78 is 16.8. The highest BCUT2D eigenvalue weighted by atomic mass is 16.5. The maximum absolute atomic E-state index is 11.7. The molecule has 2 aromatic carbocycles. The van der Waals surface area contributed by atoms with Gasteiger partial charge in [0.25, 0.3) is 0 Å². The van der Waals surface area contributed by atoms with Crippen molar-refractivity contribution in [1.29, 1.82) is 0 Å². The van der Waals surface area contributed by atoms with Crippen LogP contribution in [-0.4, -0.2) is 50.4 Å². The van der Waals surface area contributed by atoms with Crippen LogP contribution < -0.4 is 14.2 Å². The predicted molar refractivity (Wildman–Crippen MR) is 111 cm³/mol. The highest BCUT2D eigenvalue weighted by Crippen LogP contribution is 2.46. The van der Waals surface area contributed by atoms with Crippen molar-refractivity contribution in [3.8, 4) is 17.2 Å². The molecule has 156 valence electrons. The SMILES string of the molecule is COc1ccc(C(c2ccccc2C)N2CCCC(C(=O)O)C2)c(OC)c1OC. The summed E-state index contributed by atoms with van der Waals surface area (Å²) >= 11 is 0. The molecule has 1 saturated heterocycles. The number of ether oxygens (including phenoxy) is 3. The van der Waals surface area contributed by atoms with Gasteiger partial charge in [0, 0.05) is 12.1 Å². The number of rotatable bonds is 7. The van der Waals surface area contributed by atoms with Crippen molar-refractivity contribution in [3.63, 3.8) is 0 Å². The molecular weight excluding hydrogens is 370 g/mol. The fraction of sp³-hybridized carbons (Fsp3) is 0.435. The number of benzene rings is 2. The number of likely N-dealkylation sites (tertiary alicyclic amines) is 1. The molecule has 0 saturated carbocycles. The Morgan fingerprint density at radius 2 is 1.76 bits per heavy atom. The van der Waals surface area contributed by atoms with Crippen LogP contribution in [0.2, 0.25) is 0 Å². The van der Waals surface area contributed by atoms with Gasteiger partial charge in [-0.1, -0.05) is 24.3 Å². The van der Waals surface area contributed by atoms with Gasteiger partial charge >= 0.3 is 5.97 Å². The Bertz CT molecular complexity index is 866. The zero-order valence-corrected chi connectivity index (χ0v) is 17.5. The zero-order valence-electron chi connectivity index (χ0n) is 17.5. The highest BCUT2D eigenvalue weighted by Gasteiger charge is 2.34. The van der Waals surface area contributed by atoms with Gasteiger partial charge in [0.1, 0.15) is 0 Å². The monoisotopic (exact) mass is 399 g/mol. The maximum Gasteiger partial charge on any atom is 0.307 e. The molecule has 29 heavy (non-hydrogen) atoms. The average molecular weight is 399 g/mol. The highest BCUT2D eigenvalue weighted by molar-refractivity contribution is 5.70. The minimum Gasteiger partial charge on any atom is -0.493 e. The van der Waals surface area contributed by atoms with Crippen LogP contribution in [0, 0.1) is 12.8 Å². The Balaban J connectivity index is 2.17. The van der Waals surface area contributed by atoms with Gasteiger partial charge in [-0.15, -0.1) is 0 Å². The fourth-order valence-corrected chi connectivity index (χ4v) is 4.24. The molecule has 3 rings (SSSR count). The minimum atomic E-state index is -0.738. The third kappa shape index (κ3) is 4.17. The van der Waals surface area contributed by atoms with Gasteiger partial charge in [0.05, 0.1) is 33.3 Å². The van der Waals surface area contributed by atoms with Crippen molar-refractivity contribution in [2.24, 2.45) is 5.92 Å². The summed E-state index contributed by atoms with van der Waals surface area (Å²) in [5.41, 5.74) is 3.21. The molecule has 1 heterocycles. The Morgan fingerprint density at radius 3 is 2.38 bits per heavy atom. The van der Waals surface area contributed by atoms with Crippen molar-refractivity contribution in [3.05, 3.63) is 53.1 Å². The molecule has 2 unspecified atom stereocenters. The van der Waals surface area contributed by atoms with Gasteiger partial charge in [-0.2, -0.15) is 0 Å². The molecule has 0 spiro atoms. The van der Waals surface area contributed by atoms with Gasteiger partial charge in [-0.05, 0) is 49.6 Å².